The molecule has 0 N–H and O–H groups in total. The normalized spacial score (nSPS) is 12.1. The average molecular weight is 515 g/mol. The van der Waals surface area contributed by atoms with Crippen molar-refractivity contribution in [2.45, 2.75) is 6.92 Å². The van der Waals surface area contributed by atoms with Crippen LogP contribution in [0, 0.1) is 6.92 Å². The molecule has 0 atom stereocenters. The molecule has 0 aliphatic heterocycles. The van der Waals surface area contributed by atoms with E-state index in [4.69, 9.17) is 10.1 Å². The van der Waals surface area contributed by atoms with Crippen LogP contribution in [-0.4, -0.2) is 34.3 Å². The van der Waals surface area contributed by atoms with E-state index in [0.29, 0.717) is 10.5 Å². The molecule has 0 aliphatic carbocycles. The van der Waals surface area contributed by atoms with Crippen LogP contribution >= 0.6 is 22.7 Å². The third kappa shape index (κ3) is 4.50. The maximum Gasteiger partial charge on any atom is 0.297 e. The highest BCUT2D eigenvalue weighted by atomic mass is 32.1. The van der Waals surface area contributed by atoms with Crippen LogP contribution in [0.15, 0.2) is 92.4 Å². The second kappa shape index (κ2) is 9.96. The van der Waals surface area contributed by atoms with Crippen LogP contribution in [0.1, 0.15) is 11.3 Å². The van der Waals surface area contributed by atoms with Crippen molar-refractivity contribution in [3.63, 3.8) is 0 Å². The predicted octanol–water partition coefficient (Wildman–Crippen LogP) is 5.26. The second-order valence-corrected chi connectivity index (χ2v) is 10.2. The summed E-state index contributed by atoms with van der Waals surface area (Å²) in [6.45, 7) is 1.91. The van der Waals surface area contributed by atoms with Gasteiger partial charge in [-0.15, -0.1) is 22.7 Å². The molecule has 0 unspecified atom stereocenters. The molecule has 5 aromatic rings. The Kier molecular flexibility index (Phi) is 6.58. The van der Waals surface area contributed by atoms with E-state index < -0.39 is 0 Å². The van der Waals surface area contributed by atoms with Gasteiger partial charge in [-0.3, -0.25) is 9.48 Å². The van der Waals surface area contributed by atoms with Gasteiger partial charge in [0.2, 0.25) is 4.80 Å². The van der Waals surface area contributed by atoms with Gasteiger partial charge < -0.3 is 4.90 Å². The number of aromatic nitrogens is 3. The van der Waals surface area contributed by atoms with Crippen molar-refractivity contribution < 1.29 is 0 Å². The lowest BCUT2D eigenvalue weighted by Gasteiger charge is -2.11. The first kappa shape index (κ1) is 23.8. The molecule has 0 aliphatic rings. The first-order valence-electron chi connectivity index (χ1n) is 11.4. The zero-order valence-corrected chi connectivity index (χ0v) is 22.1. The second-order valence-electron chi connectivity index (χ2n) is 8.45. The molecule has 3 heterocycles. The lowest BCUT2D eigenvalue weighted by atomic mass is 10.2. The zero-order chi connectivity index (χ0) is 25.2. The van der Waals surface area contributed by atoms with Crippen LogP contribution in [0.5, 0.6) is 0 Å². The number of benzene rings is 2. The minimum Gasteiger partial charge on any atom is -0.378 e. The van der Waals surface area contributed by atoms with Crippen LogP contribution in [0.2, 0.25) is 0 Å². The average Bonchev–Trinajstić information content (AvgIpc) is 3.60. The standard InChI is InChI=1S/C27H26N6OS2/c1-19-25(26(34)33(31(19)4)22-9-6-5-7-10-22)29-27-32(23(18-36-27)24-11-8-16-35-24)28-17-20-12-14-21(15-13-20)30(2)3/h5-18H,1-4H3. The van der Waals surface area contributed by atoms with E-state index in [1.165, 1.54) is 11.3 Å². The molecule has 0 amide bonds. The van der Waals surface area contributed by atoms with E-state index in [1.807, 2.05) is 103 Å². The van der Waals surface area contributed by atoms with Crippen LogP contribution in [0.25, 0.3) is 16.3 Å². The smallest absolute Gasteiger partial charge is 0.297 e. The van der Waals surface area contributed by atoms with Gasteiger partial charge in [0.25, 0.3) is 5.56 Å². The van der Waals surface area contributed by atoms with Gasteiger partial charge in [0.05, 0.1) is 28.2 Å². The fourth-order valence-corrected chi connectivity index (χ4v) is 5.48. The predicted molar refractivity (Wildman–Crippen MR) is 150 cm³/mol. The summed E-state index contributed by atoms with van der Waals surface area (Å²) in [4.78, 5) is 22.0. The van der Waals surface area contributed by atoms with Crippen molar-refractivity contribution in [2.24, 2.45) is 17.1 Å². The quantitative estimate of drug-likeness (QED) is 0.290. The SMILES string of the molecule is Cc1c(N=c2scc(-c3cccs3)n2N=Cc2ccc(N(C)C)cc2)c(=O)n(-c2ccccc2)n1C. The van der Waals surface area contributed by atoms with Gasteiger partial charge in [0.15, 0.2) is 5.69 Å². The Morgan fingerprint density at radius 1 is 0.944 bits per heavy atom. The summed E-state index contributed by atoms with van der Waals surface area (Å²) in [6, 6.07) is 21.9. The highest BCUT2D eigenvalue weighted by Gasteiger charge is 2.17. The molecule has 0 saturated carbocycles. The number of rotatable bonds is 6. The molecule has 5 rings (SSSR count). The molecule has 0 spiro atoms. The number of anilines is 1. The van der Waals surface area contributed by atoms with Crippen LogP contribution < -0.4 is 15.3 Å². The van der Waals surface area contributed by atoms with E-state index in [9.17, 15) is 4.79 Å². The lowest BCUT2D eigenvalue weighted by Crippen LogP contribution is -2.19. The highest BCUT2D eigenvalue weighted by Crippen LogP contribution is 2.26. The van der Waals surface area contributed by atoms with Gasteiger partial charge in [0.1, 0.15) is 0 Å². The summed E-state index contributed by atoms with van der Waals surface area (Å²) in [5.41, 5.74) is 4.86. The minimum atomic E-state index is -0.165. The largest absolute Gasteiger partial charge is 0.378 e. The Hall–Kier alpha value is -3.95. The van der Waals surface area contributed by atoms with Gasteiger partial charge in [-0.05, 0) is 48.2 Å². The molecule has 3 aromatic heterocycles. The number of nitrogens with zero attached hydrogens (tertiary/aromatic N) is 6. The maximum absolute atomic E-state index is 13.4. The van der Waals surface area contributed by atoms with Crippen molar-refractivity contribution in [3.05, 3.63) is 104 Å². The fraction of sp³-hybridized carbons (Fsp3) is 0.148. The molecule has 0 saturated heterocycles. The molecule has 0 radical (unpaired) electrons. The summed E-state index contributed by atoms with van der Waals surface area (Å²) in [6.07, 6.45) is 1.82. The monoisotopic (exact) mass is 514 g/mol. The van der Waals surface area contributed by atoms with Crippen molar-refractivity contribution >= 4 is 40.3 Å². The van der Waals surface area contributed by atoms with Crippen molar-refractivity contribution in [1.29, 1.82) is 0 Å². The maximum atomic E-state index is 13.4. The summed E-state index contributed by atoms with van der Waals surface area (Å²) in [5.74, 6) is 0. The van der Waals surface area contributed by atoms with Crippen molar-refractivity contribution in [3.8, 4) is 16.3 Å². The summed E-state index contributed by atoms with van der Waals surface area (Å²) >= 11 is 3.11. The molecule has 2 aromatic carbocycles. The highest BCUT2D eigenvalue weighted by molar-refractivity contribution is 7.14. The summed E-state index contributed by atoms with van der Waals surface area (Å²) in [7, 11) is 5.91. The van der Waals surface area contributed by atoms with Crippen molar-refractivity contribution in [1.82, 2.24) is 14.0 Å². The first-order valence-corrected chi connectivity index (χ1v) is 13.1. The van der Waals surface area contributed by atoms with Crippen LogP contribution in [0.3, 0.4) is 0 Å². The molecule has 36 heavy (non-hydrogen) atoms. The van der Waals surface area contributed by atoms with E-state index in [-0.39, 0.29) is 5.56 Å². The fourth-order valence-electron chi connectivity index (χ4n) is 3.84. The molecular formula is C27H26N6OS2. The Balaban J connectivity index is 1.63. The summed E-state index contributed by atoms with van der Waals surface area (Å²) < 4.78 is 5.29. The topological polar surface area (TPSA) is 59.8 Å². The van der Waals surface area contributed by atoms with E-state index in [2.05, 4.69) is 23.1 Å². The zero-order valence-electron chi connectivity index (χ0n) is 20.5. The van der Waals surface area contributed by atoms with Gasteiger partial charge in [-0.1, -0.05) is 36.4 Å². The van der Waals surface area contributed by atoms with Crippen LogP contribution in [0.4, 0.5) is 11.4 Å². The molecule has 9 heteroatoms. The van der Waals surface area contributed by atoms with Gasteiger partial charge in [-0.25, -0.2) is 14.4 Å². The van der Waals surface area contributed by atoms with Gasteiger partial charge in [-0.2, -0.15) is 5.10 Å². The molecule has 7 nitrogen and oxygen atoms in total. The first-order chi connectivity index (χ1) is 17.4. The van der Waals surface area contributed by atoms with Crippen LogP contribution in [-0.2, 0) is 7.05 Å². The molecule has 0 bridgehead atoms. The molecular weight excluding hydrogens is 488 g/mol. The number of thiophene rings is 1. The Morgan fingerprint density at radius 3 is 2.36 bits per heavy atom. The van der Waals surface area contributed by atoms with Gasteiger partial charge in [0, 0.05) is 32.2 Å². The van der Waals surface area contributed by atoms with Gasteiger partial charge >= 0.3 is 0 Å². The number of para-hydroxylation sites is 1. The van der Waals surface area contributed by atoms with E-state index in [1.54, 1.807) is 16.0 Å². The summed E-state index contributed by atoms with van der Waals surface area (Å²) in [5, 5.41) is 8.87. The number of hydrogen-bond acceptors (Lipinski definition) is 6. The van der Waals surface area contributed by atoms with Crippen molar-refractivity contribution in [2.75, 3.05) is 19.0 Å². The van der Waals surface area contributed by atoms with E-state index >= 15 is 0 Å². The Morgan fingerprint density at radius 2 is 1.69 bits per heavy atom. The van der Waals surface area contributed by atoms with E-state index in [0.717, 1.165) is 33.2 Å². The number of thiazole rings is 1. The minimum absolute atomic E-state index is 0.165. The molecule has 182 valence electrons. The third-order valence-electron chi connectivity index (χ3n) is 5.92. The number of hydrogen-bond donors (Lipinski definition) is 0. The third-order valence-corrected chi connectivity index (χ3v) is 7.63. The Labute approximate surface area is 217 Å². The molecule has 0 fully saturated rings. The Bertz CT molecular complexity index is 1630. The lowest BCUT2D eigenvalue weighted by molar-refractivity contribution is 0.630.